The molecule has 2 aromatic rings. The van der Waals surface area contributed by atoms with E-state index in [1.807, 2.05) is 18.2 Å². The molecule has 0 spiro atoms. The van der Waals surface area contributed by atoms with Gasteiger partial charge in [-0.1, -0.05) is 53.5 Å². The second-order valence-electron chi connectivity index (χ2n) is 6.08. The van der Waals surface area contributed by atoms with Crippen molar-refractivity contribution in [2.24, 2.45) is 0 Å². The molecule has 0 radical (unpaired) electrons. The van der Waals surface area contributed by atoms with Gasteiger partial charge in [0.25, 0.3) is 0 Å². The van der Waals surface area contributed by atoms with E-state index in [9.17, 15) is 5.11 Å². The van der Waals surface area contributed by atoms with Gasteiger partial charge in [-0.3, -0.25) is 9.88 Å². The second-order valence-corrected chi connectivity index (χ2v) is 6.90. The predicted octanol–water partition coefficient (Wildman–Crippen LogP) is 3.11. The summed E-state index contributed by atoms with van der Waals surface area (Å²) in [6, 6.07) is 10.1. The Morgan fingerprint density at radius 2 is 1.62 bits per heavy atom. The molecule has 0 aliphatic carbocycles. The van der Waals surface area contributed by atoms with Gasteiger partial charge in [0.1, 0.15) is 0 Å². The molecule has 0 saturated carbocycles. The molecule has 1 aromatic heterocycles. The molecule has 6 heteroatoms. The van der Waals surface area contributed by atoms with Crippen LogP contribution in [0.15, 0.2) is 42.7 Å². The fourth-order valence-electron chi connectivity index (χ4n) is 3.11. The summed E-state index contributed by atoms with van der Waals surface area (Å²) in [5, 5.41) is 11.5. The number of nitrogens with zero attached hydrogens (tertiary/aromatic N) is 3. The Kier molecular flexibility index (Phi) is 5.95. The lowest BCUT2D eigenvalue weighted by atomic mass is 10.1. The van der Waals surface area contributed by atoms with Crippen molar-refractivity contribution >= 4 is 28.9 Å². The van der Waals surface area contributed by atoms with Crippen molar-refractivity contribution in [3.05, 3.63) is 58.3 Å². The molecule has 1 fully saturated rings. The van der Waals surface area contributed by atoms with Crippen molar-refractivity contribution in [1.82, 2.24) is 9.88 Å². The SMILES string of the molecule is OC(Cc1ccccc1)CN1CCN(c2c(Cl)cncc2Cl)CC1. The molecule has 2 heterocycles. The minimum absolute atomic E-state index is 0.355. The van der Waals surface area contributed by atoms with Crippen LogP contribution < -0.4 is 4.90 Å². The van der Waals surface area contributed by atoms with Gasteiger partial charge < -0.3 is 10.0 Å². The molecule has 1 aliphatic heterocycles. The summed E-state index contributed by atoms with van der Waals surface area (Å²) in [6.07, 6.45) is 3.58. The van der Waals surface area contributed by atoms with Crippen LogP contribution in [0.5, 0.6) is 0 Å². The van der Waals surface area contributed by atoms with Crippen LogP contribution in [0.2, 0.25) is 10.0 Å². The van der Waals surface area contributed by atoms with Crippen LogP contribution in [-0.4, -0.2) is 53.8 Å². The standard InChI is InChI=1S/C18H21Cl2N3O/c19-16-11-21-12-17(20)18(16)23-8-6-22(7-9-23)13-15(24)10-14-4-2-1-3-5-14/h1-5,11-12,15,24H,6-10,13H2. The van der Waals surface area contributed by atoms with Crippen molar-refractivity contribution in [3.8, 4) is 0 Å². The van der Waals surface area contributed by atoms with Crippen LogP contribution in [0.25, 0.3) is 0 Å². The van der Waals surface area contributed by atoms with Gasteiger partial charge in [-0.2, -0.15) is 0 Å². The Bertz CT molecular complexity index is 640. The molecule has 1 atom stereocenters. The van der Waals surface area contributed by atoms with Crippen molar-refractivity contribution < 1.29 is 5.11 Å². The fourth-order valence-corrected chi connectivity index (χ4v) is 3.71. The molecule has 1 N–H and O–H groups in total. The first kappa shape index (κ1) is 17.5. The molecular weight excluding hydrogens is 345 g/mol. The monoisotopic (exact) mass is 365 g/mol. The van der Waals surface area contributed by atoms with Crippen molar-refractivity contribution in [3.63, 3.8) is 0 Å². The smallest absolute Gasteiger partial charge is 0.0838 e. The van der Waals surface area contributed by atoms with Gasteiger partial charge >= 0.3 is 0 Å². The molecule has 0 bridgehead atoms. The van der Waals surface area contributed by atoms with E-state index >= 15 is 0 Å². The number of aromatic nitrogens is 1. The zero-order chi connectivity index (χ0) is 16.9. The van der Waals surface area contributed by atoms with Gasteiger partial charge in [-0.25, -0.2) is 0 Å². The van der Waals surface area contributed by atoms with Crippen LogP contribution in [-0.2, 0) is 6.42 Å². The number of aliphatic hydroxyl groups is 1. The van der Waals surface area contributed by atoms with Crippen LogP contribution in [0, 0.1) is 0 Å². The Balaban J connectivity index is 1.52. The first-order valence-corrected chi connectivity index (χ1v) is 8.87. The highest BCUT2D eigenvalue weighted by atomic mass is 35.5. The maximum absolute atomic E-state index is 10.3. The highest BCUT2D eigenvalue weighted by Gasteiger charge is 2.22. The van der Waals surface area contributed by atoms with Gasteiger partial charge in [-0.05, 0) is 12.0 Å². The lowest BCUT2D eigenvalue weighted by Gasteiger charge is -2.37. The average molecular weight is 366 g/mol. The number of hydrogen-bond acceptors (Lipinski definition) is 4. The summed E-state index contributed by atoms with van der Waals surface area (Å²) in [4.78, 5) is 8.47. The van der Waals surface area contributed by atoms with Gasteiger partial charge in [0.15, 0.2) is 0 Å². The number of benzene rings is 1. The van der Waals surface area contributed by atoms with E-state index in [2.05, 4.69) is 26.9 Å². The highest BCUT2D eigenvalue weighted by molar-refractivity contribution is 6.38. The lowest BCUT2D eigenvalue weighted by Crippen LogP contribution is -2.49. The molecule has 4 nitrogen and oxygen atoms in total. The first-order chi connectivity index (χ1) is 11.6. The third-order valence-electron chi connectivity index (χ3n) is 4.30. The number of aliphatic hydroxyl groups excluding tert-OH is 1. The van der Waals surface area contributed by atoms with E-state index < -0.39 is 0 Å². The molecule has 3 rings (SSSR count). The Morgan fingerprint density at radius 3 is 2.25 bits per heavy atom. The van der Waals surface area contributed by atoms with E-state index in [-0.39, 0.29) is 6.10 Å². The molecule has 1 saturated heterocycles. The second kappa shape index (κ2) is 8.17. The van der Waals surface area contributed by atoms with Crippen molar-refractivity contribution in [1.29, 1.82) is 0 Å². The number of hydrogen-bond donors (Lipinski definition) is 1. The molecule has 128 valence electrons. The van der Waals surface area contributed by atoms with Gasteiger partial charge in [-0.15, -0.1) is 0 Å². The predicted molar refractivity (Wildman–Crippen MR) is 99.1 cm³/mol. The van der Waals surface area contributed by atoms with Crippen LogP contribution in [0.3, 0.4) is 0 Å². The number of piperazine rings is 1. The molecule has 1 aromatic carbocycles. The Morgan fingerprint density at radius 1 is 1.00 bits per heavy atom. The van der Waals surface area contributed by atoms with Crippen molar-refractivity contribution in [2.45, 2.75) is 12.5 Å². The summed E-state index contributed by atoms with van der Waals surface area (Å²) < 4.78 is 0. The zero-order valence-electron chi connectivity index (χ0n) is 13.4. The number of halogens is 2. The minimum atomic E-state index is -0.355. The highest BCUT2D eigenvalue weighted by Crippen LogP contribution is 2.33. The number of β-amino-alcohol motifs (C(OH)–C–C–N with tert-alkyl or cyclic N) is 1. The summed E-state index contributed by atoms with van der Waals surface area (Å²) in [6.45, 7) is 4.10. The van der Waals surface area contributed by atoms with Crippen LogP contribution in [0.1, 0.15) is 5.56 Å². The average Bonchev–Trinajstić information content (AvgIpc) is 2.57. The summed E-state index contributed by atoms with van der Waals surface area (Å²) in [7, 11) is 0. The first-order valence-electron chi connectivity index (χ1n) is 8.12. The molecule has 0 amide bonds. The van der Waals surface area contributed by atoms with Crippen molar-refractivity contribution in [2.75, 3.05) is 37.6 Å². The minimum Gasteiger partial charge on any atom is -0.391 e. The molecular formula is C18H21Cl2N3O. The zero-order valence-corrected chi connectivity index (χ0v) is 14.9. The van der Waals surface area contributed by atoms with E-state index in [0.717, 1.165) is 31.9 Å². The maximum Gasteiger partial charge on any atom is 0.0838 e. The Hall–Kier alpha value is -1.33. The quantitative estimate of drug-likeness (QED) is 0.883. The van der Waals surface area contributed by atoms with E-state index in [1.54, 1.807) is 12.4 Å². The van der Waals surface area contributed by atoms with Gasteiger partial charge in [0.05, 0.1) is 21.8 Å². The number of pyridine rings is 1. The summed E-state index contributed by atoms with van der Waals surface area (Å²) in [5.41, 5.74) is 2.02. The third kappa shape index (κ3) is 4.39. The van der Waals surface area contributed by atoms with Gasteiger partial charge in [0.2, 0.25) is 0 Å². The molecule has 1 unspecified atom stereocenters. The van der Waals surface area contributed by atoms with Crippen LogP contribution in [0.4, 0.5) is 5.69 Å². The lowest BCUT2D eigenvalue weighted by molar-refractivity contribution is 0.109. The summed E-state index contributed by atoms with van der Waals surface area (Å²) in [5.74, 6) is 0. The fraction of sp³-hybridized carbons (Fsp3) is 0.389. The van der Waals surface area contributed by atoms with E-state index in [0.29, 0.717) is 23.0 Å². The molecule has 24 heavy (non-hydrogen) atoms. The van der Waals surface area contributed by atoms with Gasteiger partial charge in [0, 0.05) is 45.1 Å². The topological polar surface area (TPSA) is 39.6 Å². The molecule has 1 aliphatic rings. The third-order valence-corrected chi connectivity index (χ3v) is 4.85. The number of rotatable bonds is 5. The largest absolute Gasteiger partial charge is 0.391 e. The summed E-state index contributed by atoms with van der Waals surface area (Å²) >= 11 is 12.5. The van der Waals surface area contributed by atoms with E-state index in [4.69, 9.17) is 23.2 Å². The Labute approximate surface area is 152 Å². The maximum atomic E-state index is 10.3. The number of anilines is 1. The van der Waals surface area contributed by atoms with Crippen LogP contribution >= 0.6 is 23.2 Å². The normalized spacial score (nSPS) is 17.0. The van der Waals surface area contributed by atoms with E-state index in [1.165, 1.54) is 5.56 Å².